The van der Waals surface area contributed by atoms with Crippen LogP contribution in [0.1, 0.15) is 41.4 Å². The van der Waals surface area contributed by atoms with Gasteiger partial charge in [0.1, 0.15) is 29.4 Å². The number of aromatic nitrogens is 2. The molecule has 1 aromatic heterocycles. The van der Waals surface area contributed by atoms with Crippen LogP contribution < -0.4 is 10.9 Å². The minimum Gasteiger partial charge on any atom is -0.505 e. The molecule has 0 saturated carbocycles. The molecule has 2 aromatic rings. The molecule has 0 saturated heterocycles. The summed E-state index contributed by atoms with van der Waals surface area (Å²) in [5.41, 5.74) is -1.98. The van der Waals surface area contributed by atoms with Gasteiger partial charge in [0.05, 0.1) is 6.54 Å². The van der Waals surface area contributed by atoms with Gasteiger partial charge >= 0.3 is 5.97 Å². The topological polar surface area (TPSA) is 122 Å². The van der Waals surface area contributed by atoms with Crippen molar-refractivity contribution in [2.24, 2.45) is 0 Å². The minimum absolute atomic E-state index is 0.0214. The first-order valence-electron chi connectivity index (χ1n) is 7.89. The lowest BCUT2D eigenvalue weighted by Crippen LogP contribution is -2.37. The average Bonchev–Trinajstić information content (AvgIpc) is 2.58. The zero-order valence-corrected chi connectivity index (χ0v) is 14.5. The van der Waals surface area contributed by atoms with E-state index in [2.05, 4.69) is 5.10 Å². The Bertz CT molecular complexity index is 956. The molecule has 1 aromatic carbocycles. The van der Waals surface area contributed by atoms with Crippen LogP contribution in [0.25, 0.3) is 0 Å². The molecule has 2 rings (SSSR count). The van der Waals surface area contributed by atoms with E-state index in [1.807, 2.05) is 5.32 Å². The lowest BCUT2D eigenvalue weighted by atomic mass is 10.1. The smallest absolute Gasteiger partial charge is 0.322 e. The number of aliphatic carboxylic acids is 1. The lowest BCUT2D eigenvalue weighted by Gasteiger charge is -2.15. The average molecular weight is 381 g/mol. The Hall–Kier alpha value is -3.30. The third kappa shape index (κ3) is 4.46. The number of hydrogen-bond donors (Lipinski definition) is 3. The van der Waals surface area contributed by atoms with Crippen LogP contribution in [0.4, 0.5) is 8.78 Å². The first-order chi connectivity index (χ1) is 12.6. The molecular formula is C17H17F2N3O5. The van der Waals surface area contributed by atoms with Crippen molar-refractivity contribution in [1.82, 2.24) is 15.1 Å². The van der Waals surface area contributed by atoms with E-state index in [-0.39, 0.29) is 11.3 Å². The van der Waals surface area contributed by atoms with Gasteiger partial charge in [-0.3, -0.25) is 14.4 Å². The van der Waals surface area contributed by atoms with Gasteiger partial charge in [0.25, 0.3) is 11.5 Å². The van der Waals surface area contributed by atoms with Crippen molar-refractivity contribution in [1.29, 1.82) is 0 Å². The van der Waals surface area contributed by atoms with Crippen LogP contribution in [-0.4, -0.2) is 38.4 Å². The third-order valence-electron chi connectivity index (χ3n) is 3.66. The van der Waals surface area contributed by atoms with E-state index in [0.29, 0.717) is 0 Å². The van der Waals surface area contributed by atoms with Gasteiger partial charge in [0.15, 0.2) is 5.75 Å². The summed E-state index contributed by atoms with van der Waals surface area (Å²) in [5.74, 6) is -5.06. The number of halogens is 2. The number of carbonyl (C=O) groups is 2. The van der Waals surface area contributed by atoms with Gasteiger partial charge in [-0.15, -0.1) is 0 Å². The molecule has 0 fully saturated rings. The molecule has 1 amide bonds. The number of carbonyl (C=O) groups excluding carboxylic acids is 1. The maximum atomic E-state index is 13.9. The standard InChI is InChI=1S/C17H17F2N3O5/c1-8(2)14-15(25)13(16(26)20-6-12(23)24)17(27)22(21-14)7-9-5-10(18)3-4-11(9)19/h3-5,8,25H,6-7H2,1-2H3,(H,20,26)(H,23,24). The second kappa shape index (κ2) is 7.94. The summed E-state index contributed by atoms with van der Waals surface area (Å²) in [6.07, 6.45) is 0. The quantitative estimate of drug-likeness (QED) is 0.692. The van der Waals surface area contributed by atoms with Crippen LogP contribution >= 0.6 is 0 Å². The molecule has 0 spiro atoms. The molecule has 3 N–H and O–H groups in total. The molecule has 0 radical (unpaired) electrons. The van der Waals surface area contributed by atoms with Crippen molar-refractivity contribution >= 4 is 11.9 Å². The Morgan fingerprint density at radius 2 is 1.96 bits per heavy atom. The van der Waals surface area contributed by atoms with Gasteiger partial charge in [-0.25, -0.2) is 13.5 Å². The summed E-state index contributed by atoms with van der Waals surface area (Å²) < 4.78 is 28.0. The second-order valence-corrected chi connectivity index (χ2v) is 6.04. The molecule has 0 aliphatic carbocycles. The Kier molecular flexibility index (Phi) is 5.88. The number of benzene rings is 1. The molecular weight excluding hydrogens is 364 g/mol. The highest BCUT2D eigenvalue weighted by molar-refractivity contribution is 5.98. The number of carboxylic acids is 1. The summed E-state index contributed by atoms with van der Waals surface area (Å²) >= 11 is 0. The van der Waals surface area contributed by atoms with E-state index in [4.69, 9.17) is 5.11 Å². The van der Waals surface area contributed by atoms with E-state index in [0.717, 1.165) is 22.9 Å². The molecule has 144 valence electrons. The zero-order valence-electron chi connectivity index (χ0n) is 14.5. The predicted octanol–water partition coefficient (Wildman–Crippen LogP) is 1.21. The van der Waals surface area contributed by atoms with Crippen LogP contribution in [0.5, 0.6) is 5.75 Å². The number of nitrogens with one attached hydrogen (secondary N) is 1. The molecule has 0 unspecified atom stereocenters. The van der Waals surface area contributed by atoms with Crippen LogP contribution in [0.2, 0.25) is 0 Å². The Labute approximate surface area is 152 Å². The monoisotopic (exact) mass is 381 g/mol. The zero-order chi connectivity index (χ0) is 20.3. The second-order valence-electron chi connectivity index (χ2n) is 6.04. The van der Waals surface area contributed by atoms with E-state index < -0.39 is 59.4 Å². The van der Waals surface area contributed by atoms with Gasteiger partial charge in [-0.1, -0.05) is 13.8 Å². The van der Waals surface area contributed by atoms with E-state index in [1.165, 1.54) is 0 Å². The molecule has 0 bridgehead atoms. The van der Waals surface area contributed by atoms with Crippen molar-refractivity contribution in [3.63, 3.8) is 0 Å². The molecule has 0 aliphatic heterocycles. The van der Waals surface area contributed by atoms with Crippen LogP contribution in [0, 0.1) is 11.6 Å². The number of nitrogens with zero attached hydrogens (tertiary/aromatic N) is 2. The van der Waals surface area contributed by atoms with Gasteiger partial charge in [0.2, 0.25) is 0 Å². The van der Waals surface area contributed by atoms with Crippen LogP contribution in [0.3, 0.4) is 0 Å². The van der Waals surface area contributed by atoms with Gasteiger partial charge in [-0.2, -0.15) is 5.10 Å². The van der Waals surface area contributed by atoms with Crippen molar-refractivity contribution in [3.8, 4) is 5.75 Å². The molecule has 27 heavy (non-hydrogen) atoms. The molecule has 10 heteroatoms. The van der Waals surface area contributed by atoms with Gasteiger partial charge in [0, 0.05) is 11.5 Å². The third-order valence-corrected chi connectivity index (χ3v) is 3.66. The fraction of sp³-hybridized carbons (Fsp3) is 0.294. The van der Waals surface area contributed by atoms with E-state index in [1.54, 1.807) is 13.8 Å². The summed E-state index contributed by atoms with van der Waals surface area (Å²) in [4.78, 5) is 35.4. The number of aromatic hydroxyl groups is 1. The van der Waals surface area contributed by atoms with Crippen molar-refractivity contribution in [3.05, 3.63) is 57.0 Å². The van der Waals surface area contributed by atoms with Crippen molar-refractivity contribution in [2.45, 2.75) is 26.3 Å². The molecule has 0 aliphatic rings. The maximum Gasteiger partial charge on any atom is 0.322 e. The summed E-state index contributed by atoms with van der Waals surface area (Å²) in [7, 11) is 0. The van der Waals surface area contributed by atoms with Gasteiger partial charge in [-0.05, 0) is 18.2 Å². The fourth-order valence-electron chi connectivity index (χ4n) is 2.35. The van der Waals surface area contributed by atoms with Crippen molar-refractivity contribution < 1.29 is 28.6 Å². The predicted molar refractivity (Wildman–Crippen MR) is 89.7 cm³/mol. The number of hydrogen-bond acceptors (Lipinski definition) is 5. The number of carboxylic acid groups (broad SMARTS) is 1. The summed E-state index contributed by atoms with van der Waals surface area (Å²) in [6, 6.07) is 2.69. The highest BCUT2D eigenvalue weighted by Crippen LogP contribution is 2.25. The minimum atomic E-state index is -1.34. The summed E-state index contributed by atoms with van der Waals surface area (Å²) in [5, 5.41) is 24.8. The fourth-order valence-corrected chi connectivity index (χ4v) is 2.35. The number of rotatable bonds is 6. The Balaban J connectivity index is 2.58. The maximum absolute atomic E-state index is 13.9. The van der Waals surface area contributed by atoms with Crippen molar-refractivity contribution in [2.75, 3.05) is 6.54 Å². The Morgan fingerprint density at radius 1 is 1.30 bits per heavy atom. The highest BCUT2D eigenvalue weighted by Gasteiger charge is 2.25. The largest absolute Gasteiger partial charge is 0.505 e. The molecule has 8 nitrogen and oxygen atoms in total. The molecule has 1 heterocycles. The van der Waals surface area contributed by atoms with E-state index >= 15 is 0 Å². The Morgan fingerprint density at radius 3 is 2.56 bits per heavy atom. The van der Waals surface area contributed by atoms with Crippen LogP contribution in [0.15, 0.2) is 23.0 Å². The summed E-state index contributed by atoms with van der Waals surface area (Å²) in [6.45, 7) is 2.02. The van der Waals surface area contributed by atoms with Gasteiger partial charge < -0.3 is 15.5 Å². The normalized spacial score (nSPS) is 10.9. The SMILES string of the molecule is CC(C)c1nn(Cc2cc(F)ccc2F)c(=O)c(C(=O)NCC(=O)O)c1O. The first kappa shape index (κ1) is 20.0. The van der Waals surface area contributed by atoms with E-state index in [9.17, 15) is 28.3 Å². The number of amides is 1. The lowest BCUT2D eigenvalue weighted by molar-refractivity contribution is -0.135. The first-order valence-corrected chi connectivity index (χ1v) is 7.89. The molecule has 0 atom stereocenters. The highest BCUT2D eigenvalue weighted by atomic mass is 19.1. The van der Waals surface area contributed by atoms with Crippen LogP contribution in [-0.2, 0) is 11.3 Å².